The van der Waals surface area contributed by atoms with Crippen molar-refractivity contribution in [3.8, 4) is 5.95 Å². The van der Waals surface area contributed by atoms with E-state index in [9.17, 15) is 13.2 Å². The van der Waals surface area contributed by atoms with E-state index in [1.165, 1.54) is 29.5 Å². The molecule has 1 saturated carbocycles. The van der Waals surface area contributed by atoms with Crippen molar-refractivity contribution in [2.75, 3.05) is 12.8 Å². The number of amides is 1. The van der Waals surface area contributed by atoms with Gasteiger partial charge in [-0.1, -0.05) is 0 Å². The molecule has 0 bridgehead atoms. The maximum absolute atomic E-state index is 13.4. The molecule has 0 N–H and O–H groups in total. The fourth-order valence-electron chi connectivity index (χ4n) is 3.13. The van der Waals surface area contributed by atoms with E-state index in [0.29, 0.717) is 24.2 Å². The maximum Gasteiger partial charge on any atom is 0.256 e. The fourth-order valence-corrected chi connectivity index (χ4v) is 3.72. The zero-order chi connectivity index (χ0) is 21.3. The van der Waals surface area contributed by atoms with Crippen molar-refractivity contribution in [1.82, 2.24) is 34.6 Å². The van der Waals surface area contributed by atoms with Crippen molar-refractivity contribution >= 4 is 15.7 Å². The first-order chi connectivity index (χ1) is 14.3. The summed E-state index contributed by atoms with van der Waals surface area (Å²) < 4.78 is 25.3. The zero-order valence-corrected chi connectivity index (χ0v) is 17.4. The van der Waals surface area contributed by atoms with Gasteiger partial charge in [-0.3, -0.25) is 9.78 Å². The topological polar surface area (TPSA) is 124 Å². The number of hydrogen-bond donors (Lipinski definition) is 0. The number of carbonyl (C=O) groups excluding carboxylic acids is 1. The van der Waals surface area contributed by atoms with Crippen LogP contribution < -0.4 is 0 Å². The van der Waals surface area contributed by atoms with Crippen molar-refractivity contribution in [2.24, 2.45) is 5.92 Å². The first-order valence-corrected chi connectivity index (χ1v) is 11.4. The van der Waals surface area contributed by atoms with E-state index in [0.717, 1.165) is 19.1 Å². The Morgan fingerprint density at radius 1 is 1.23 bits per heavy atom. The summed E-state index contributed by atoms with van der Waals surface area (Å²) in [6.45, 7) is 2.39. The predicted octanol–water partition coefficient (Wildman–Crippen LogP) is 1.47. The Kier molecular flexibility index (Phi) is 5.29. The van der Waals surface area contributed by atoms with Crippen LogP contribution in [0.2, 0.25) is 0 Å². The third-order valence-electron chi connectivity index (χ3n) is 4.96. The summed E-state index contributed by atoms with van der Waals surface area (Å²) in [7, 11) is -3.48. The Morgan fingerprint density at radius 3 is 2.63 bits per heavy atom. The third-order valence-corrected chi connectivity index (χ3v) is 6.04. The Balaban J connectivity index is 1.69. The lowest BCUT2D eigenvalue weighted by atomic mass is 10.1. The minimum absolute atomic E-state index is 0.00762. The third kappa shape index (κ3) is 4.20. The van der Waals surface area contributed by atoms with Crippen LogP contribution in [0.25, 0.3) is 5.95 Å². The monoisotopic (exact) mass is 427 g/mol. The number of rotatable bonds is 7. The Morgan fingerprint density at radius 2 is 1.97 bits per heavy atom. The number of sulfone groups is 1. The Bertz CT molecular complexity index is 1160. The van der Waals surface area contributed by atoms with Gasteiger partial charge in [-0.05, 0) is 37.8 Å². The van der Waals surface area contributed by atoms with E-state index >= 15 is 0 Å². The average Bonchev–Trinajstić information content (AvgIpc) is 3.43. The van der Waals surface area contributed by atoms with E-state index in [4.69, 9.17) is 0 Å². The molecule has 3 aromatic rings. The number of pyridine rings is 1. The van der Waals surface area contributed by atoms with E-state index in [2.05, 4.69) is 25.0 Å². The molecule has 1 aliphatic carbocycles. The van der Waals surface area contributed by atoms with Crippen LogP contribution in [0.5, 0.6) is 0 Å². The van der Waals surface area contributed by atoms with Gasteiger partial charge in [-0.2, -0.15) is 9.78 Å². The summed E-state index contributed by atoms with van der Waals surface area (Å²) >= 11 is 0. The van der Waals surface area contributed by atoms with Crippen LogP contribution in [0.1, 0.15) is 42.0 Å². The molecular formula is C19H21N7O3S. The van der Waals surface area contributed by atoms with E-state index < -0.39 is 15.9 Å². The van der Waals surface area contributed by atoms with Crippen LogP contribution in [0.15, 0.2) is 48.1 Å². The highest BCUT2D eigenvalue weighted by Gasteiger charge is 2.33. The van der Waals surface area contributed by atoms with Gasteiger partial charge >= 0.3 is 0 Å². The smallest absolute Gasteiger partial charge is 0.256 e. The fraction of sp³-hybridized carbons (Fsp3) is 0.368. The quantitative estimate of drug-likeness (QED) is 0.555. The van der Waals surface area contributed by atoms with Crippen LogP contribution in [-0.4, -0.2) is 61.7 Å². The molecule has 3 heterocycles. The summed E-state index contributed by atoms with van der Waals surface area (Å²) in [5.41, 5.74) is 0.215. The lowest BCUT2D eigenvalue weighted by Gasteiger charge is -2.29. The number of carbonyl (C=O) groups is 1. The highest BCUT2D eigenvalue weighted by Crippen LogP contribution is 2.33. The van der Waals surface area contributed by atoms with Crippen LogP contribution in [-0.2, 0) is 9.84 Å². The molecule has 0 aromatic carbocycles. The summed E-state index contributed by atoms with van der Waals surface area (Å²) in [5, 5.41) is 4.21. The van der Waals surface area contributed by atoms with Gasteiger partial charge in [0, 0.05) is 37.6 Å². The van der Waals surface area contributed by atoms with Crippen LogP contribution in [0.4, 0.5) is 0 Å². The van der Waals surface area contributed by atoms with Gasteiger partial charge in [-0.25, -0.2) is 23.4 Å². The molecule has 1 amide bonds. The number of aromatic nitrogens is 6. The molecule has 10 nitrogen and oxygen atoms in total. The molecule has 0 aliphatic heterocycles. The second-order valence-electron chi connectivity index (χ2n) is 7.34. The predicted molar refractivity (Wildman–Crippen MR) is 106 cm³/mol. The lowest BCUT2D eigenvalue weighted by Crippen LogP contribution is -2.37. The van der Waals surface area contributed by atoms with Gasteiger partial charge in [0.1, 0.15) is 6.33 Å². The molecular weight excluding hydrogens is 406 g/mol. The summed E-state index contributed by atoms with van der Waals surface area (Å²) in [6, 6.07) is 2.63. The molecule has 1 fully saturated rings. The number of nitrogens with zero attached hydrogens (tertiary/aromatic N) is 7. The number of hydrogen-bond acceptors (Lipinski definition) is 8. The molecule has 1 unspecified atom stereocenters. The maximum atomic E-state index is 13.4. The van der Waals surface area contributed by atoms with Gasteiger partial charge < -0.3 is 4.90 Å². The lowest BCUT2D eigenvalue weighted by molar-refractivity contribution is 0.0670. The average molecular weight is 427 g/mol. The standard InChI is InChI=1S/C19H21N7O3S/c1-13(17-23-12-24-26(17)19-21-6-3-7-22-19)25(11-14-4-5-14)18(27)15-8-16(10-20-9-15)30(2,28)29/h3,6-10,12-14H,4-5,11H2,1-2H3. The van der Waals surface area contributed by atoms with E-state index in [-0.39, 0.29) is 16.4 Å². The Hall–Kier alpha value is -3.21. The van der Waals surface area contributed by atoms with Gasteiger partial charge in [0.05, 0.1) is 16.5 Å². The normalized spacial score (nSPS) is 15.0. The highest BCUT2D eigenvalue weighted by molar-refractivity contribution is 7.90. The van der Waals surface area contributed by atoms with Crippen LogP contribution in [0.3, 0.4) is 0 Å². The second-order valence-corrected chi connectivity index (χ2v) is 9.35. The van der Waals surface area contributed by atoms with Crippen molar-refractivity contribution < 1.29 is 13.2 Å². The van der Waals surface area contributed by atoms with Crippen molar-refractivity contribution in [1.29, 1.82) is 0 Å². The molecule has 0 radical (unpaired) electrons. The second kappa shape index (κ2) is 7.90. The molecule has 156 valence electrons. The van der Waals surface area contributed by atoms with Crippen LogP contribution >= 0.6 is 0 Å². The molecule has 1 atom stereocenters. The van der Waals surface area contributed by atoms with Gasteiger partial charge in [0.25, 0.3) is 11.9 Å². The summed E-state index contributed by atoms with van der Waals surface area (Å²) in [6.07, 6.45) is 10.4. The zero-order valence-electron chi connectivity index (χ0n) is 16.6. The molecule has 0 spiro atoms. The minimum atomic E-state index is -3.48. The molecule has 4 rings (SSSR count). The van der Waals surface area contributed by atoms with Crippen molar-refractivity contribution in [3.05, 3.63) is 54.6 Å². The first kappa shape index (κ1) is 20.1. The molecule has 0 saturated heterocycles. The van der Waals surface area contributed by atoms with Gasteiger partial charge in [0.15, 0.2) is 15.7 Å². The van der Waals surface area contributed by atoms with Crippen molar-refractivity contribution in [3.63, 3.8) is 0 Å². The first-order valence-electron chi connectivity index (χ1n) is 9.48. The Labute approximate surface area is 173 Å². The summed E-state index contributed by atoms with van der Waals surface area (Å²) in [5.74, 6) is 0.974. The van der Waals surface area contributed by atoms with Gasteiger partial charge in [-0.15, -0.1) is 0 Å². The van der Waals surface area contributed by atoms with E-state index in [1.807, 2.05) is 6.92 Å². The van der Waals surface area contributed by atoms with Crippen LogP contribution in [0, 0.1) is 5.92 Å². The van der Waals surface area contributed by atoms with Gasteiger partial charge in [0.2, 0.25) is 0 Å². The minimum Gasteiger partial charge on any atom is -0.328 e. The molecule has 11 heteroatoms. The largest absolute Gasteiger partial charge is 0.328 e. The molecule has 30 heavy (non-hydrogen) atoms. The molecule has 1 aliphatic rings. The van der Waals surface area contributed by atoms with Crippen molar-refractivity contribution in [2.45, 2.75) is 30.7 Å². The van der Waals surface area contributed by atoms with E-state index in [1.54, 1.807) is 23.4 Å². The SMILES string of the molecule is CC(c1ncnn1-c1ncccn1)N(CC1CC1)C(=O)c1cncc(S(C)(=O)=O)c1. The summed E-state index contributed by atoms with van der Waals surface area (Å²) in [4.78, 5) is 31.8. The molecule has 3 aromatic heterocycles. The highest BCUT2D eigenvalue weighted by atomic mass is 32.2.